The lowest BCUT2D eigenvalue weighted by molar-refractivity contribution is 0.319. The topological polar surface area (TPSA) is 41.1 Å². The smallest absolute Gasteiger partial charge is 0.131 e. The van der Waals surface area contributed by atoms with Crippen LogP contribution < -0.4 is 4.74 Å². The molecule has 1 N–H and O–H groups in total. The van der Waals surface area contributed by atoms with Gasteiger partial charge in [-0.3, -0.25) is 4.90 Å². The average Bonchev–Trinajstić information content (AvgIpc) is 3.10. The van der Waals surface area contributed by atoms with Gasteiger partial charge in [-0.2, -0.15) is 0 Å². The van der Waals surface area contributed by atoms with Crippen LogP contribution in [0.1, 0.15) is 29.4 Å². The fourth-order valence-electron chi connectivity index (χ4n) is 2.86. The van der Waals surface area contributed by atoms with Gasteiger partial charge in [0.2, 0.25) is 0 Å². The minimum atomic E-state index is -0.202. The van der Waals surface area contributed by atoms with Gasteiger partial charge in [-0.15, -0.1) is 0 Å². The molecular weight excluding hydrogens is 269 g/mol. The maximum atomic E-state index is 14.0. The lowest BCUT2D eigenvalue weighted by atomic mass is 10.1. The molecule has 1 aliphatic heterocycles. The van der Waals surface area contributed by atoms with Gasteiger partial charge in [0.1, 0.15) is 17.4 Å². The third-order valence-corrected chi connectivity index (χ3v) is 4.04. The number of aromatic amines is 1. The number of methoxy groups -OCH3 is 1. The molecular formula is C16H20FN3O. The Morgan fingerprint density at radius 3 is 3.00 bits per heavy atom. The average molecular weight is 289 g/mol. The van der Waals surface area contributed by atoms with E-state index in [1.807, 2.05) is 19.2 Å². The first-order valence-corrected chi connectivity index (χ1v) is 7.22. The van der Waals surface area contributed by atoms with Crippen molar-refractivity contribution in [3.05, 3.63) is 47.3 Å². The van der Waals surface area contributed by atoms with Gasteiger partial charge < -0.3 is 9.72 Å². The highest BCUT2D eigenvalue weighted by Gasteiger charge is 2.26. The molecule has 0 aliphatic carbocycles. The van der Waals surface area contributed by atoms with E-state index in [-0.39, 0.29) is 5.82 Å². The van der Waals surface area contributed by atoms with Crippen LogP contribution in [0.2, 0.25) is 0 Å². The van der Waals surface area contributed by atoms with E-state index < -0.39 is 0 Å². The molecule has 0 amide bonds. The first kappa shape index (κ1) is 14.1. The molecule has 1 aromatic heterocycles. The fraction of sp³-hybridized carbons (Fsp3) is 0.438. The number of ether oxygens (including phenoxy) is 1. The van der Waals surface area contributed by atoms with E-state index in [1.165, 1.54) is 6.07 Å². The van der Waals surface area contributed by atoms with E-state index >= 15 is 0 Å². The summed E-state index contributed by atoms with van der Waals surface area (Å²) in [6.07, 6.45) is 2.92. The Morgan fingerprint density at radius 2 is 2.33 bits per heavy atom. The third kappa shape index (κ3) is 3.08. The maximum Gasteiger partial charge on any atom is 0.131 e. The number of nitrogens with one attached hydrogen (secondary N) is 1. The summed E-state index contributed by atoms with van der Waals surface area (Å²) in [4.78, 5) is 9.98. The zero-order chi connectivity index (χ0) is 14.8. The Hall–Kier alpha value is -1.88. The van der Waals surface area contributed by atoms with Crippen molar-refractivity contribution >= 4 is 0 Å². The Morgan fingerprint density at radius 1 is 1.48 bits per heavy atom. The molecule has 0 unspecified atom stereocenters. The van der Waals surface area contributed by atoms with Crippen LogP contribution in [0, 0.1) is 12.7 Å². The van der Waals surface area contributed by atoms with Gasteiger partial charge in [0.05, 0.1) is 7.11 Å². The zero-order valence-electron chi connectivity index (χ0n) is 12.4. The molecule has 0 bridgehead atoms. The van der Waals surface area contributed by atoms with Gasteiger partial charge in [-0.25, -0.2) is 9.37 Å². The molecule has 1 aromatic carbocycles. The molecule has 112 valence electrons. The number of nitrogens with zero attached hydrogens (tertiary/aromatic N) is 2. The van der Waals surface area contributed by atoms with Gasteiger partial charge in [0, 0.05) is 42.5 Å². The van der Waals surface area contributed by atoms with E-state index in [4.69, 9.17) is 4.74 Å². The Balaban J connectivity index is 1.64. The highest BCUT2D eigenvalue weighted by atomic mass is 19.1. The molecule has 21 heavy (non-hydrogen) atoms. The number of aromatic nitrogens is 2. The van der Waals surface area contributed by atoms with Gasteiger partial charge in [-0.1, -0.05) is 6.07 Å². The number of rotatable bonds is 4. The molecule has 5 heteroatoms. The Labute approximate surface area is 124 Å². The number of aryl methyl sites for hydroxylation is 1. The minimum absolute atomic E-state index is 0.202. The summed E-state index contributed by atoms with van der Waals surface area (Å²) in [6.45, 7) is 4.52. The van der Waals surface area contributed by atoms with Crippen LogP contribution in [0.25, 0.3) is 0 Å². The number of likely N-dealkylation sites (tertiary alicyclic amines) is 1. The molecule has 2 aromatic rings. The summed E-state index contributed by atoms with van der Waals surface area (Å²) in [5.74, 6) is 1.82. The first-order chi connectivity index (χ1) is 10.2. The Kier molecular flexibility index (Phi) is 3.92. The number of hydrogen-bond donors (Lipinski definition) is 1. The van der Waals surface area contributed by atoms with Crippen molar-refractivity contribution in [2.24, 2.45) is 0 Å². The second-order valence-corrected chi connectivity index (χ2v) is 5.63. The summed E-state index contributed by atoms with van der Waals surface area (Å²) in [7, 11) is 1.55. The second-order valence-electron chi connectivity index (χ2n) is 5.63. The normalized spacial score (nSPS) is 19.1. The molecule has 1 saturated heterocycles. The van der Waals surface area contributed by atoms with Gasteiger partial charge in [0.25, 0.3) is 0 Å². The van der Waals surface area contributed by atoms with Crippen LogP contribution in [0.4, 0.5) is 4.39 Å². The van der Waals surface area contributed by atoms with Crippen molar-refractivity contribution in [2.45, 2.75) is 25.8 Å². The third-order valence-electron chi connectivity index (χ3n) is 4.04. The van der Waals surface area contributed by atoms with E-state index in [9.17, 15) is 4.39 Å². The number of halogens is 1. The van der Waals surface area contributed by atoms with Crippen molar-refractivity contribution in [3.63, 3.8) is 0 Å². The zero-order valence-corrected chi connectivity index (χ0v) is 12.4. The molecule has 4 nitrogen and oxygen atoms in total. The van der Waals surface area contributed by atoms with E-state index in [0.29, 0.717) is 23.8 Å². The van der Waals surface area contributed by atoms with Crippen LogP contribution in [0.5, 0.6) is 5.75 Å². The van der Waals surface area contributed by atoms with Crippen LogP contribution in [0.15, 0.2) is 24.4 Å². The minimum Gasteiger partial charge on any atom is -0.497 e. The number of H-pyrrole nitrogens is 1. The first-order valence-electron chi connectivity index (χ1n) is 7.22. The van der Waals surface area contributed by atoms with Gasteiger partial charge in [0.15, 0.2) is 0 Å². The molecule has 1 fully saturated rings. The molecule has 1 aliphatic rings. The van der Waals surface area contributed by atoms with E-state index in [0.717, 1.165) is 31.0 Å². The predicted octanol–water partition coefficient (Wildman–Crippen LogP) is 2.86. The summed E-state index contributed by atoms with van der Waals surface area (Å²) in [6, 6.07) is 5.05. The van der Waals surface area contributed by atoms with Crippen LogP contribution >= 0.6 is 0 Å². The largest absolute Gasteiger partial charge is 0.497 e. The standard InChI is InChI=1S/C16H20FN3O/c1-11-8-18-16(19-11)13-5-6-20(10-13)9-12-3-4-14(21-2)7-15(12)17/h3-4,7-8,13H,5-6,9-10H2,1-2H3,(H,18,19)/t13-/m1/s1. The van der Waals surface area contributed by atoms with Crippen molar-refractivity contribution < 1.29 is 9.13 Å². The molecule has 3 rings (SSSR count). The van der Waals surface area contributed by atoms with Crippen molar-refractivity contribution in [1.29, 1.82) is 0 Å². The lowest BCUT2D eigenvalue weighted by Gasteiger charge is -2.16. The van der Waals surface area contributed by atoms with Gasteiger partial charge >= 0.3 is 0 Å². The van der Waals surface area contributed by atoms with Crippen molar-refractivity contribution in [2.75, 3.05) is 20.2 Å². The van der Waals surface area contributed by atoms with Crippen molar-refractivity contribution in [1.82, 2.24) is 14.9 Å². The predicted molar refractivity (Wildman–Crippen MR) is 78.9 cm³/mol. The molecule has 2 heterocycles. The monoisotopic (exact) mass is 289 g/mol. The number of benzene rings is 1. The van der Waals surface area contributed by atoms with Crippen LogP contribution in [0.3, 0.4) is 0 Å². The van der Waals surface area contributed by atoms with E-state index in [2.05, 4.69) is 14.9 Å². The molecule has 1 atom stereocenters. The van der Waals surface area contributed by atoms with Crippen LogP contribution in [-0.2, 0) is 6.54 Å². The molecule has 0 spiro atoms. The highest BCUT2D eigenvalue weighted by molar-refractivity contribution is 5.29. The molecule has 0 radical (unpaired) electrons. The summed E-state index contributed by atoms with van der Waals surface area (Å²) < 4.78 is 19.0. The molecule has 0 saturated carbocycles. The second kappa shape index (κ2) is 5.85. The number of hydrogen-bond acceptors (Lipinski definition) is 3. The number of imidazole rings is 1. The summed E-state index contributed by atoms with van der Waals surface area (Å²) in [5.41, 5.74) is 1.80. The Bertz CT molecular complexity index is 626. The van der Waals surface area contributed by atoms with E-state index in [1.54, 1.807) is 13.2 Å². The SMILES string of the molecule is COc1ccc(CN2CC[C@@H](c3ncc(C)[nH]3)C2)c(F)c1. The van der Waals surface area contributed by atoms with Crippen LogP contribution in [-0.4, -0.2) is 35.1 Å². The summed E-state index contributed by atoms with van der Waals surface area (Å²) in [5, 5.41) is 0. The maximum absolute atomic E-state index is 14.0. The quantitative estimate of drug-likeness (QED) is 0.941. The highest BCUT2D eigenvalue weighted by Crippen LogP contribution is 2.27. The summed E-state index contributed by atoms with van der Waals surface area (Å²) >= 11 is 0. The lowest BCUT2D eigenvalue weighted by Crippen LogP contribution is -2.20. The van der Waals surface area contributed by atoms with Gasteiger partial charge in [-0.05, 0) is 26.0 Å². The van der Waals surface area contributed by atoms with Crippen molar-refractivity contribution in [3.8, 4) is 5.75 Å². The fourth-order valence-corrected chi connectivity index (χ4v) is 2.86.